The summed E-state index contributed by atoms with van der Waals surface area (Å²) in [5.41, 5.74) is 2.07. The Labute approximate surface area is 160 Å². The van der Waals surface area contributed by atoms with E-state index in [1.165, 1.54) is 18.4 Å². The van der Waals surface area contributed by atoms with E-state index >= 15 is 0 Å². The lowest BCUT2D eigenvalue weighted by atomic mass is 9.90. The van der Waals surface area contributed by atoms with E-state index < -0.39 is 0 Å². The van der Waals surface area contributed by atoms with Crippen molar-refractivity contribution in [3.05, 3.63) is 53.9 Å². The second kappa shape index (κ2) is 8.48. The summed E-state index contributed by atoms with van der Waals surface area (Å²) in [5.74, 6) is 0.631. The van der Waals surface area contributed by atoms with E-state index in [1.54, 1.807) is 18.5 Å². The van der Waals surface area contributed by atoms with Gasteiger partial charge in [-0.15, -0.1) is 0 Å². The maximum atomic E-state index is 12.9. The van der Waals surface area contributed by atoms with Crippen LogP contribution >= 0.6 is 0 Å². The summed E-state index contributed by atoms with van der Waals surface area (Å²) >= 11 is 0. The average molecular weight is 366 g/mol. The Kier molecular flexibility index (Phi) is 5.63. The minimum atomic E-state index is 0.0658. The first-order valence-corrected chi connectivity index (χ1v) is 9.83. The maximum absolute atomic E-state index is 12.9. The molecule has 2 aliphatic rings. The largest absolute Gasteiger partial charge is 0.460 e. The summed E-state index contributed by atoms with van der Waals surface area (Å²) in [5, 5.41) is 3.45. The van der Waals surface area contributed by atoms with Crippen LogP contribution in [0.25, 0.3) is 0 Å². The summed E-state index contributed by atoms with van der Waals surface area (Å²) in [6.45, 7) is 3.50. The van der Waals surface area contributed by atoms with Gasteiger partial charge in [0.1, 0.15) is 6.10 Å². The molecule has 2 saturated heterocycles. The number of piperidine rings is 2. The van der Waals surface area contributed by atoms with Gasteiger partial charge in [0.2, 0.25) is 0 Å². The Balaban J connectivity index is 1.35. The van der Waals surface area contributed by atoms with E-state index in [0.29, 0.717) is 25.0 Å². The third-order valence-corrected chi connectivity index (χ3v) is 5.45. The fraction of sp³-hybridized carbons (Fsp3) is 0.476. The highest BCUT2D eigenvalue weighted by atomic mass is 16.5. The molecule has 2 fully saturated rings. The van der Waals surface area contributed by atoms with Gasteiger partial charge in [-0.1, -0.05) is 12.1 Å². The summed E-state index contributed by atoms with van der Waals surface area (Å²) in [4.78, 5) is 23.1. The summed E-state index contributed by atoms with van der Waals surface area (Å²) in [6, 6.07) is 10.4. The van der Waals surface area contributed by atoms with Gasteiger partial charge in [-0.2, -0.15) is 0 Å². The topological polar surface area (TPSA) is 67.4 Å². The van der Waals surface area contributed by atoms with Crippen molar-refractivity contribution in [2.24, 2.45) is 0 Å². The monoisotopic (exact) mass is 366 g/mol. The van der Waals surface area contributed by atoms with Gasteiger partial charge in [0.25, 0.3) is 5.91 Å². The minimum Gasteiger partial charge on any atom is -0.460 e. The van der Waals surface area contributed by atoms with Crippen LogP contribution in [0.15, 0.2) is 42.7 Å². The van der Waals surface area contributed by atoms with Crippen molar-refractivity contribution < 1.29 is 9.53 Å². The van der Waals surface area contributed by atoms with E-state index in [-0.39, 0.29) is 12.0 Å². The predicted molar refractivity (Wildman–Crippen MR) is 103 cm³/mol. The molecule has 6 nitrogen and oxygen atoms in total. The van der Waals surface area contributed by atoms with Gasteiger partial charge in [-0.05, 0) is 49.1 Å². The summed E-state index contributed by atoms with van der Waals surface area (Å²) < 4.78 is 5.82. The third kappa shape index (κ3) is 4.45. The molecule has 1 aromatic carbocycles. The Bertz CT molecular complexity index is 754. The van der Waals surface area contributed by atoms with E-state index in [1.807, 2.05) is 17.0 Å². The van der Waals surface area contributed by atoms with Crippen LogP contribution in [0.3, 0.4) is 0 Å². The molecule has 27 heavy (non-hydrogen) atoms. The van der Waals surface area contributed by atoms with Crippen LogP contribution in [0.2, 0.25) is 0 Å². The second-order valence-electron chi connectivity index (χ2n) is 7.31. The van der Waals surface area contributed by atoms with Crippen LogP contribution in [-0.2, 0) is 0 Å². The average Bonchev–Trinajstić information content (AvgIpc) is 2.75. The fourth-order valence-electron chi connectivity index (χ4n) is 3.92. The van der Waals surface area contributed by atoms with Gasteiger partial charge >= 0.3 is 6.01 Å². The molecule has 0 spiro atoms. The molecule has 0 bridgehead atoms. The molecule has 1 amide bonds. The number of amides is 1. The lowest BCUT2D eigenvalue weighted by molar-refractivity contribution is 0.0578. The Morgan fingerprint density at radius 1 is 1.11 bits per heavy atom. The van der Waals surface area contributed by atoms with Gasteiger partial charge in [0.05, 0.1) is 0 Å². The molecule has 6 heteroatoms. The smallest absolute Gasteiger partial charge is 0.316 e. The molecular weight excluding hydrogens is 340 g/mol. The van der Waals surface area contributed by atoms with Crippen LogP contribution < -0.4 is 10.1 Å². The Morgan fingerprint density at radius 2 is 1.93 bits per heavy atom. The molecular formula is C21H26N4O2. The summed E-state index contributed by atoms with van der Waals surface area (Å²) in [7, 11) is 0. The number of carbonyl (C=O) groups is 1. The molecule has 1 atom stereocenters. The van der Waals surface area contributed by atoms with E-state index in [4.69, 9.17) is 4.74 Å². The first-order chi connectivity index (χ1) is 13.3. The van der Waals surface area contributed by atoms with Crippen molar-refractivity contribution in [1.82, 2.24) is 20.2 Å². The minimum absolute atomic E-state index is 0.0658. The molecule has 0 aliphatic carbocycles. The quantitative estimate of drug-likeness (QED) is 0.901. The molecule has 1 N–H and O–H groups in total. The lowest BCUT2D eigenvalue weighted by Crippen LogP contribution is -2.42. The second-order valence-corrected chi connectivity index (χ2v) is 7.31. The molecule has 2 aromatic rings. The zero-order valence-electron chi connectivity index (χ0n) is 15.5. The molecule has 0 radical (unpaired) electrons. The SMILES string of the molecule is O=C(c1cccc(C2CCCNC2)c1)N1CCC(Oc2ncccn2)CC1. The maximum Gasteiger partial charge on any atom is 0.316 e. The van der Waals surface area contributed by atoms with E-state index in [2.05, 4.69) is 27.4 Å². The number of ether oxygens (including phenoxy) is 1. The summed E-state index contributed by atoms with van der Waals surface area (Å²) in [6.07, 6.45) is 7.41. The van der Waals surface area contributed by atoms with Gasteiger partial charge in [-0.3, -0.25) is 4.79 Å². The van der Waals surface area contributed by atoms with Gasteiger partial charge in [0.15, 0.2) is 0 Å². The van der Waals surface area contributed by atoms with Gasteiger partial charge < -0.3 is 15.0 Å². The first-order valence-electron chi connectivity index (χ1n) is 9.83. The van der Waals surface area contributed by atoms with Crippen molar-refractivity contribution in [3.63, 3.8) is 0 Å². The highest BCUT2D eigenvalue weighted by Crippen LogP contribution is 2.25. The number of carbonyl (C=O) groups excluding carboxylic acids is 1. The number of nitrogens with one attached hydrogen (secondary N) is 1. The number of rotatable bonds is 4. The van der Waals surface area contributed by atoms with Crippen molar-refractivity contribution in [2.75, 3.05) is 26.2 Å². The van der Waals surface area contributed by atoms with E-state index in [0.717, 1.165) is 31.5 Å². The molecule has 2 aliphatic heterocycles. The number of benzene rings is 1. The number of hydrogen-bond donors (Lipinski definition) is 1. The van der Waals surface area contributed by atoms with Crippen molar-refractivity contribution in [2.45, 2.75) is 37.7 Å². The zero-order valence-corrected chi connectivity index (χ0v) is 15.5. The highest BCUT2D eigenvalue weighted by molar-refractivity contribution is 5.94. The lowest BCUT2D eigenvalue weighted by Gasteiger charge is -2.32. The molecule has 3 heterocycles. The normalized spacial score (nSPS) is 21.0. The van der Waals surface area contributed by atoms with Gasteiger partial charge in [0, 0.05) is 50.4 Å². The molecule has 4 rings (SSSR count). The van der Waals surface area contributed by atoms with Crippen molar-refractivity contribution in [3.8, 4) is 6.01 Å². The number of nitrogens with zero attached hydrogens (tertiary/aromatic N) is 3. The Hall–Kier alpha value is -2.47. The highest BCUT2D eigenvalue weighted by Gasteiger charge is 2.26. The molecule has 1 aromatic heterocycles. The number of likely N-dealkylation sites (tertiary alicyclic amines) is 1. The van der Waals surface area contributed by atoms with E-state index in [9.17, 15) is 4.79 Å². The fourth-order valence-corrected chi connectivity index (χ4v) is 3.92. The van der Waals surface area contributed by atoms with Crippen molar-refractivity contribution in [1.29, 1.82) is 0 Å². The molecule has 0 saturated carbocycles. The predicted octanol–water partition coefficient (Wildman–Crippen LogP) is 2.63. The Morgan fingerprint density at radius 3 is 2.67 bits per heavy atom. The van der Waals surface area contributed by atoms with Gasteiger partial charge in [-0.25, -0.2) is 9.97 Å². The standard InChI is InChI=1S/C21H26N4O2/c26-20(17-5-1-4-16(14-17)18-6-2-9-22-15-18)25-12-7-19(8-13-25)27-21-23-10-3-11-24-21/h1,3-5,10-11,14,18-19,22H,2,6-9,12-13,15H2. The van der Waals surface area contributed by atoms with Crippen LogP contribution in [0.5, 0.6) is 6.01 Å². The van der Waals surface area contributed by atoms with Crippen LogP contribution in [0.1, 0.15) is 47.5 Å². The van der Waals surface area contributed by atoms with Crippen LogP contribution in [-0.4, -0.2) is 53.1 Å². The zero-order chi connectivity index (χ0) is 18.5. The third-order valence-electron chi connectivity index (χ3n) is 5.45. The molecule has 1 unspecified atom stereocenters. The molecule has 142 valence electrons. The number of hydrogen-bond acceptors (Lipinski definition) is 5. The van der Waals surface area contributed by atoms with Crippen molar-refractivity contribution >= 4 is 5.91 Å². The van der Waals surface area contributed by atoms with Crippen LogP contribution in [0.4, 0.5) is 0 Å². The van der Waals surface area contributed by atoms with Crippen LogP contribution in [0, 0.1) is 0 Å². The number of aromatic nitrogens is 2. The first kappa shape index (κ1) is 17.9.